The third kappa shape index (κ3) is 3.96. The minimum Gasteiger partial charge on any atom is -0.481 e. The summed E-state index contributed by atoms with van der Waals surface area (Å²) in [5.41, 5.74) is 3.09. The molecule has 6 heteroatoms. The Morgan fingerprint density at radius 2 is 1.70 bits per heavy atom. The quantitative estimate of drug-likeness (QED) is 0.858. The van der Waals surface area contributed by atoms with Crippen LogP contribution < -0.4 is 9.64 Å². The fraction of sp³-hybridized carbons (Fsp3) is 0.471. The van der Waals surface area contributed by atoms with Gasteiger partial charge in [0.15, 0.2) is 0 Å². The summed E-state index contributed by atoms with van der Waals surface area (Å²) in [4.78, 5) is 18.3. The van der Waals surface area contributed by atoms with E-state index in [-0.39, 0.29) is 0 Å². The number of hydrogen-bond donors (Lipinski definition) is 0. The summed E-state index contributed by atoms with van der Waals surface area (Å²) in [5.74, 6) is 1.52. The molecule has 0 radical (unpaired) electrons. The molecule has 1 saturated heterocycles. The van der Waals surface area contributed by atoms with Gasteiger partial charge in [0.1, 0.15) is 0 Å². The topological polar surface area (TPSA) is 54.4 Å². The van der Waals surface area contributed by atoms with E-state index in [0.717, 1.165) is 55.8 Å². The van der Waals surface area contributed by atoms with E-state index >= 15 is 0 Å². The minimum absolute atomic E-state index is 0.671. The first kappa shape index (κ1) is 15.7. The van der Waals surface area contributed by atoms with E-state index in [4.69, 9.17) is 4.74 Å². The largest absolute Gasteiger partial charge is 0.481 e. The molecule has 0 bridgehead atoms. The molecule has 6 nitrogen and oxygen atoms in total. The second-order valence-electron chi connectivity index (χ2n) is 5.89. The standard InChI is InChI=1S/C17H23N5O/c1-13-11-14(2)19-17(18-13)22-9-7-21(8-10-22)12-15-5-4-6-16(20-15)23-3/h4-6,11H,7-10,12H2,1-3H3. The van der Waals surface area contributed by atoms with Crippen molar-refractivity contribution in [3.63, 3.8) is 0 Å². The van der Waals surface area contributed by atoms with Crippen LogP contribution in [-0.2, 0) is 6.54 Å². The molecule has 0 amide bonds. The number of aryl methyl sites for hydroxylation is 2. The fourth-order valence-corrected chi connectivity index (χ4v) is 2.84. The molecular weight excluding hydrogens is 290 g/mol. The normalized spacial score (nSPS) is 15.7. The molecule has 0 N–H and O–H groups in total. The number of anilines is 1. The maximum atomic E-state index is 5.19. The molecule has 0 aliphatic carbocycles. The highest BCUT2D eigenvalue weighted by molar-refractivity contribution is 5.33. The highest BCUT2D eigenvalue weighted by Crippen LogP contribution is 2.15. The predicted molar refractivity (Wildman–Crippen MR) is 89.8 cm³/mol. The Bertz CT molecular complexity index is 648. The average Bonchev–Trinajstić information content (AvgIpc) is 2.55. The van der Waals surface area contributed by atoms with E-state index in [0.29, 0.717) is 5.88 Å². The summed E-state index contributed by atoms with van der Waals surface area (Å²) < 4.78 is 5.19. The number of ether oxygens (including phenoxy) is 1. The molecule has 1 fully saturated rings. The number of nitrogens with zero attached hydrogens (tertiary/aromatic N) is 5. The predicted octanol–water partition coefficient (Wildman–Crippen LogP) is 1.82. The van der Waals surface area contributed by atoms with Crippen LogP contribution in [0, 0.1) is 13.8 Å². The lowest BCUT2D eigenvalue weighted by Crippen LogP contribution is -2.46. The maximum Gasteiger partial charge on any atom is 0.225 e. The lowest BCUT2D eigenvalue weighted by Gasteiger charge is -2.34. The molecule has 3 heterocycles. The Hall–Kier alpha value is -2.21. The number of methoxy groups -OCH3 is 1. The zero-order valence-corrected chi connectivity index (χ0v) is 14.0. The van der Waals surface area contributed by atoms with E-state index in [9.17, 15) is 0 Å². The Labute approximate surface area is 137 Å². The van der Waals surface area contributed by atoms with Crippen molar-refractivity contribution < 1.29 is 4.74 Å². The average molecular weight is 313 g/mol. The fourth-order valence-electron chi connectivity index (χ4n) is 2.84. The molecule has 0 unspecified atom stereocenters. The highest BCUT2D eigenvalue weighted by Gasteiger charge is 2.19. The molecule has 1 aliphatic rings. The van der Waals surface area contributed by atoms with Gasteiger partial charge in [0.25, 0.3) is 0 Å². The van der Waals surface area contributed by atoms with Crippen molar-refractivity contribution in [3.8, 4) is 5.88 Å². The van der Waals surface area contributed by atoms with Crippen LogP contribution in [0.3, 0.4) is 0 Å². The summed E-state index contributed by atoms with van der Waals surface area (Å²) in [6.45, 7) is 8.72. The Morgan fingerprint density at radius 1 is 1.00 bits per heavy atom. The molecule has 2 aromatic rings. The molecular formula is C17H23N5O. The van der Waals surface area contributed by atoms with Crippen molar-refractivity contribution in [2.45, 2.75) is 20.4 Å². The number of pyridine rings is 1. The van der Waals surface area contributed by atoms with Crippen molar-refractivity contribution in [2.75, 3.05) is 38.2 Å². The summed E-state index contributed by atoms with van der Waals surface area (Å²) >= 11 is 0. The Kier molecular flexibility index (Phi) is 4.71. The number of hydrogen-bond acceptors (Lipinski definition) is 6. The molecule has 0 aromatic carbocycles. The van der Waals surface area contributed by atoms with Crippen LogP contribution in [0.2, 0.25) is 0 Å². The Balaban J connectivity index is 1.59. The second-order valence-corrected chi connectivity index (χ2v) is 5.89. The van der Waals surface area contributed by atoms with Gasteiger partial charge in [-0.2, -0.15) is 0 Å². The summed E-state index contributed by atoms with van der Waals surface area (Å²) in [6.07, 6.45) is 0. The summed E-state index contributed by atoms with van der Waals surface area (Å²) in [5, 5.41) is 0. The molecule has 0 saturated carbocycles. The Morgan fingerprint density at radius 3 is 2.35 bits per heavy atom. The molecule has 122 valence electrons. The third-order valence-corrected chi connectivity index (χ3v) is 4.00. The van der Waals surface area contributed by atoms with Crippen LogP contribution in [0.1, 0.15) is 17.1 Å². The second kappa shape index (κ2) is 6.91. The molecule has 0 spiro atoms. The van der Waals surface area contributed by atoms with Crippen molar-refractivity contribution in [1.82, 2.24) is 19.9 Å². The van der Waals surface area contributed by atoms with Crippen LogP contribution >= 0.6 is 0 Å². The zero-order chi connectivity index (χ0) is 16.2. The molecule has 0 atom stereocenters. The van der Waals surface area contributed by atoms with Crippen LogP contribution in [-0.4, -0.2) is 53.1 Å². The smallest absolute Gasteiger partial charge is 0.225 e. The third-order valence-electron chi connectivity index (χ3n) is 4.00. The van der Waals surface area contributed by atoms with Gasteiger partial charge in [0.05, 0.1) is 12.8 Å². The number of aromatic nitrogens is 3. The van der Waals surface area contributed by atoms with E-state index < -0.39 is 0 Å². The summed E-state index contributed by atoms with van der Waals surface area (Å²) in [7, 11) is 1.65. The van der Waals surface area contributed by atoms with Crippen molar-refractivity contribution in [3.05, 3.63) is 41.3 Å². The van der Waals surface area contributed by atoms with Crippen LogP contribution in [0.15, 0.2) is 24.3 Å². The molecule has 23 heavy (non-hydrogen) atoms. The van der Waals surface area contributed by atoms with E-state index in [2.05, 4.69) is 24.8 Å². The minimum atomic E-state index is 0.671. The first-order valence-electron chi connectivity index (χ1n) is 7.93. The molecule has 3 rings (SSSR count). The maximum absolute atomic E-state index is 5.19. The van der Waals surface area contributed by atoms with Gasteiger partial charge in [-0.3, -0.25) is 4.90 Å². The highest BCUT2D eigenvalue weighted by atomic mass is 16.5. The van der Waals surface area contributed by atoms with Gasteiger partial charge in [-0.1, -0.05) is 6.07 Å². The first-order valence-corrected chi connectivity index (χ1v) is 7.93. The van der Waals surface area contributed by atoms with Gasteiger partial charge in [-0.15, -0.1) is 0 Å². The first-order chi connectivity index (χ1) is 11.1. The van der Waals surface area contributed by atoms with Gasteiger partial charge in [0.2, 0.25) is 11.8 Å². The van der Waals surface area contributed by atoms with Gasteiger partial charge < -0.3 is 9.64 Å². The van der Waals surface area contributed by atoms with Crippen LogP contribution in [0.4, 0.5) is 5.95 Å². The van der Waals surface area contributed by atoms with Crippen LogP contribution in [0.5, 0.6) is 5.88 Å². The van der Waals surface area contributed by atoms with Crippen molar-refractivity contribution >= 4 is 5.95 Å². The van der Waals surface area contributed by atoms with Crippen molar-refractivity contribution in [2.24, 2.45) is 0 Å². The van der Waals surface area contributed by atoms with Gasteiger partial charge in [-0.25, -0.2) is 15.0 Å². The van der Waals surface area contributed by atoms with Gasteiger partial charge >= 0.3 is 0 Å². The van der Waals surface area contributed by atoms with Crippen molar-refractivity contribution in [1.29, 1.82) is 0 Å². The monoisotopic (exact) mass is 313 g/mol. The van der Waals surface area contributed by atoms with Gasteiger partial charge in [0, 0.05) is 50.2 Å². The van der Waals surface area contributed by atoms with E-state index in [1.807, 2.05) is 38.1 Å². The number of rotatable bonds is 4. The lowest BCUT2D eigenvalue weighted by molar-refractivity contribution is 0.245. The molecule has 1 aliphatic heterocycles. The number of piperazine rings is 1. The van der Waals surface area contributed by atoms with Gasteiger partial charge in [-0.05, 0) is 26.0 Å². The van der Waals surface area contributed by atoms with E-state index in [1.165, 1.54) is 0 Å². The van der Waals surface area contributed by atoms with Crippen LogP contribution in [0.25, 0.3) is 0 Å². The molecule has 2 aromatic heterocycles. The SMILES string of the molecule is COc1cccc(CN2CCN(c3nc(C)cc(C)n3)CC2)n1. The van der Waals surface area contributed by atoms with E-state index in [1.54, 1.807) is 7.11 Å². The summed E-state index contributed by atoms with van der Waals surface area (Å²) in [6, 6.07) is 7.91. The lowest BCUT2D eigenvalue weighted by atomic mass is 10.2. The zero-order valence-electron chi connectivity index (χ0n) is 14.0.